The second kappa shape index (κ2) is 8.90. The van der Waals surface area contributed by atoms with Gasteiger partial charge in [0.2, 0.25) is 0 Å². The van der Waals surface area contributed by atoms with Crippen molar-refractivity contribution >= 4 is 28.7 Å². The Labute approximate surface area is 179 Å². The molecule has 1 aromatic carbocycles. The largest absolute Gasteiger partial charge is 0.573 e. The van der Waals surface area contributed by atoms with Gasteiger partial charge in [0.05, 0.1) is 13.2 Å². The van der Waals surface area contributed by atoms with Gasteiger partial charge < -0.3 is 19.7 Å². The Balaban J connectivity index is 1.43. The molecule has 3 aromatic rings. The van der Waals surface area contributed by atoms with E-state index in [-0.39, 0.29) is 11.4 Å². The molecule has 1 saturated heterocycles. The zero-order valence-corrected chi connectivity index (χ0v) is 16.9. The minimum Gasteiger partial charge on any atom is -0.406 e. The quantitative estimate of drug-likeness (QED) is 0.628. The van der Waals surface area contributed by atoms with Gasteiger partial charge in [-0.1, -0.05) is 0 Å². The standard InChI is InChI=1S/C20H17F3N4O3S/c21-20(22,23)30-15-3-1-14(2-4-15)25-18(28)16-12-31-19(26-16)13-5-6-24-17(11-13)27-7-9-29-10-8-27/h1-6,11-12H,7-10H2,(H,25,28). The zero-order chi connectivity index (χ0) is 21.8. The number of rotatable bonds is 5. The number of hydrogen-bond donors (Lipinski definition) is 1. The van der Waals surface area contributed by atoms with Crippen LogP contribution in [0.15, 0.2) is 48.0 Å². The number of ether oxygens (including phenoxy) is 2. The third kappa shape index (κ3) is 5.50. The third-order valence-corrected chi connectivity index (χ3v) is 5.30. The van der Waals surface area contributed by atoms with Crippen molar-refractivity contribution in [3.63, 3.8) is 0 Å². The highest BCUT2D eigenvalue weighted by atomic mass is 32.1. The topological polar surface area (TPSA) is 76.6 Å². The van der Waals surface area contributed by atoms with E-state index in [0.717, 1.165) is 36.6 Å². The maximum absolute atomic E-state index is 12.5. The molecule has 0 aliphatic carbocycles. The second-order valence-corrected chi connectivity index (χ2v) is 7.42. The average Bonchev–Trinajstić information content (AvgIpc) is 3.25. The summed E-state index contributed by atoms with van der Waals surface area (Å²) >= 11 is 1.32. The van der Waals surface area contributed by atoms with Gasteiger partial charge in [-0.3, -0.25) is 4.79 Å². The monoisotopic (exact) mass is 450 g/mol. The molecule has 0 spiro atoms. The maximum Gasteiger partial charge on any atom is 0.573 e. The van der Waals surface area contributed by atoms with Gasteiger partial charge >= 0.3 is 6.36 Å². The van der Waals surface area contributed by atoms with Crippen LogP contribution >= 0.6 is 11.3 Å². The molecule has 1 amide bonds. The van der Waals surface area contributed by atoms with Gasteiger partial charge in [0.1, 0.15) is 22.3 Å². The Kier molecular flexibility index (Phi) is 6.05. The number of thiazole rings is 1. The molecule has 0 radical (unpaired) electrons. The van der Waals surface area contributed by atoms with Gasteiger partial charge in [0.15, 0.2) is 0 Å². The summed E-state index contributed by atoms with van der Waals surface area (Å²) in [5.41, 5.74) is 1.38. The Morgan fingerprint density at radius 2 is 1.90 bits per heavy atom. The van der Waals surface area contributed by atoms with E-state index in [1.165, 1.54) is 23.5 Å². The summed E-state index contributed by atoms with van der Waals surface area (Å²) in [5.74, 6) is -0.00665. The van der Waals surface area contributed by atoms with E-state index in [2.05, 4.69) is 24.9 Å². The molecule has 162 valence electrons. The molecule has 1 fully saturated rings. The fourth-order valence-electron chi connectivity index (χ4n) is 2.96. The van der Waals surface area contributed by atoms with Crippen LogP contribution in [0, 0.1) is 0 Å². The number of morpholine rings is 1. The van der Waals surface area contributed by atoms with Gasteiger partial charge in [-0.2, -0.15) is 0 Å². The van der Waals surface area contributed by atoms with Crippen LogP contribution in [0.4, 0.5) is 24.7 Å². The highest BCUT2D eigenvalue weighted by Crippen LogP contribution is 2.28. The van der Waals surface area contributed by atoms with Crippen molar-refractivity contribution in [3.8, 4) is 16.3 Å². The van der Waals surface area contributed by atoms with Crippen molar-refractivity contribution in [1.82, 2.24) is 9.97 Å². The molecule has 1 aliphatic rings. The molecular formula is C20H17F3N4O3S. The van der Waals surface area contributed by atoms with E-state index in [1.54, 1.807) is 11.6 Å². The molecular weight excluding hydrogens is 433 g/mol. The number of aromatic nitrogens is 2. The molecule has 0 bridgehead atoms. The molecule has 0 saturated carbocycles. The van der Waals surface area contributed by atoms with Crippen molar-refractivity contribution in [3.05, 3.63) is 53.7 Å². The number of amides is 1. The molecule has 7 nitrogen and oxygen atoms in total. The summed E-state index contributed by atoms with van der Waals surface area (Å²) in [6, 6.07) is 8.64. The smallest absolute Gasteiger partial charge is 0.406 e. The fraction of sp³-hybridized carbons (Fsp3) is 0.250. The highest BCUT2D eigenvalue weighted by molar-refractivity contribution is 7.13. The number of nitrogens with one attached hydrogen (secondary N) is 1. The van der Waals surface area contributed by atoms with Crippen molar-refractivity contribution in [2.24, 2.45) is 0 Å². The number of pyridine rings is 1. The maximum atomic E-state index is 12.5. The van der Waals surface area contributed by atoms with Crippen LogP contribution in [0.2, 0.25) is 0 Å². The highest BCUT2D eigenvalue weighted by Gasteiger charge is 2.31. The number of anilines is 2. The molecule has 31 heavy (non-hydrogen) atoms. The van der Waals surface area contributed by atoms with Crippen LogP contribution in [-0.4, -0.2) is 48.5 Å². The Bertz CT molecular complexity index is 1050. The van der Waals surface area contributed by atoms with E-state index < -0.39 is 12.3 Å². The Morgan fingerprint density at radius 1 is 1.16 bits per heavy atom. The van der Waals surface area contributed by atoms with Crippen LogP contribution in [0.25, 0.3) is 10.6 Å². The predicted molar refractivity (Wildman–Crippen MR) is 109 cm³/mol. The summed E-state index contributed by atoms with van der Waals surface area (Å²) in [6.45, 7) is 2.82. The lowest BCUT2D eigenvalue weighted by atomic mass is 10.2. The lowest BCUT2D eigenvalue weighted by Crippen LogP contribution is -2.36. The van der Waals surface area contributed by atoms with Gasteiger partial charge in [-0.05, 0) is 36.4 Å². The molecule has 0 atom stereocenters. The average molecular weight is 450 g/mol. The van der Waals surface area contributed by atoms with Crippen molar-refractivity contribution in [1.29, 1.82) is 0 Å². The first-order valence-corrected chi connectivity index (χ1v) is 10.2. The molecule has 1 N–H and O–H groups in total. The third-order valence-electron chi connectivity index (χ3n) is 4.41. The number of alkyl halides is 3. The Morgan fingerprint density at radius 3 is 2.61 bits per heavy atom. The van der Waals surface area contributed by atoms with Gasteiger partial charge in [-0.15, -0.1) is 24.5 Å². The summed E-state index contributed by atoms with van der Waals surface area (Å²) in [6.07, 6.45) is -3.07. The van der Waals surface area contributed by atoms with Crippen LogP contribution in [0.1, 0.15) is 10.5 Å². The summed E-state index contributed by atoms with van der Waals surface area (Å²) in [5, 5.41) is 4.90. The number of hydrogen-bond acceptors (Lipinski definition) is 7. The van der Waals surface area contributed by atoms with Gasteiger partial charge in [0.25, 0.3) is 5.91 Å². The van der Waals surface area contributed by atoms with Crippen LogP contribution < -0.4 is 15.0 Å². The summed E-state index contributed by atoms with van der Waals surface area (Å²) in [4.78, 5) is 23.4. The summed E-state index contributed by atoms with van der Waals surface area (Å²) < 4.78 is 45.9. The van der Waals surface area contributed by atoms with Gasteiger partial charge in [-0.25, -0.2) is 9.97 Å². The SMILES string of the molecule is O=C(Nc1ccc(OC(F)(F)F)cc1)c1csc(-c2ccnc(N3CCOCC3)c2)n1. The van der Waals surface area contributed by atoms with Gasteiger partial charge in [0, 0.05) is 35.9 Å². The van der Waals surface area contributed by atoms with Crippen LogP contribution in [0.5, 0.6) is 5.75 Å². The molecule has 0 unspecified atom stereocenters. The lowest BCUT2D eigenvalue weighted by Gasteiger charge is -2.27. The minimum absolute atomic E-state index is 0.209. The van der Waals surface area contributed by atoms with E-state index in [0.29, 0.717) is 23.9 Å². The molecule has 1 aliphatic heterocycles. The number of halogens is 3. The first-order valence-electron chi connectivity index (χ1n) is 9.29. The van der Waals surface area contributed by atoms with E-state index in [9.17, 15) is 18.0 Å². The fourth-order valence-corrected chi connectivity index (χ4v) is 3.76. The normalized spacial score (nSPS) is 14.4. The van der Waals surface area contributed by atoms with E-state index >= 15 is 0 Å². The van der Waals surface area contributed by atoms with Crippen LogP contribution in [0.3, 0.4) is 0 Å². The molecule has 4 rings (SSSR count). The molecule has 2 aromatic heterocycles. The molecule has 3 heterocycles. The summed E-state index contributed by atoms with van der Waals surface area (Å²) in [7, 11) is 0. The first kappa shape index (κ1) is 21.1. The van der Waals surface area contributed by atoms with E-state index in [4.69, 9.17) is 4.74 Å². The van der Waals surface area contributed by atoms with Crippen LogP contribution in [-0.2, 0) is 4.74 Å². The van der Waals surface area contributed by atoms with Crippen molar-refractivity contribution in [2.75, 3.05) is 36.5 Å². The predicted octanol–water partition coefficient (Wildman–Crippen LogP) is 4.19. The number of benzene rings is 1. The Hall–Kier alpha value is -3.18. The lowest BCUT2D eigenvalue weighted by molar-refractivity contribution is -0.274. The number of carbonyl (C=O) groups excluding carboxylic acids is 1. The van der Waals surface area contributed by atoms with E-state index in [1.807, 2.05) is 12.1 Å². The second-order valence-electron chi connectivity index (χ2n) is 6.57. The van der Waals surface area contributed by atoms with Crippen molar-refractivity contribution in [2.45, 2.75) is 6.36 Å². The molecule has 11 heteroatoms. The zero-order valence-electron chi connectivity index (χ0n) is 16.1. The number of carbonyl (C=O) groups is 1. The minimum atomic E-state index is -4.77. The number of nitrogens with zero attached hydrogens (tertiary/aromatic N) is 3. The van der Waals surface area contributed by atoms with Crippen molar-refractivity contribution < 1.29 is 27.4 Å². The first-order chi connectivity index (χ1) is 14.9.